The van der Waals surface area contributed by atoms with Gasteiger partial charge < -0.3 is 10.2 Å². The molecule has 8 heteroatoms. The van der Waals surface area contributed by atoms with Crippen molar-refractivity contribution < 1.29 is 23.4 Å². The topological polar surface area (TPSA) is 53.4 Å². The van der Waals surface area contributed by atoms with Crippen LogP contribution in [0.25, 0.3) is 0 Å². The molecule has 3 nitrogen and oxygen atoms in total. The van der Waals surface area contributed by atoms with Crippen LogP contribution in [-0.4, -0.2) is 21.4 Å². The Labute approximate surface area is 115 Å². The summed E-state index contributed by atoms with van der Waals surface area (Å²) < 4.78 is 36.3. The van der Waals surface area contributed by atoms with Crippen LogP contribution < -0.4 is 0 Å². The highest BCUT2D eigenvalue weighted by Gasteiger charge is 2.40. The lowest BCUT2D eigenvalue weighted by atomic mass is 10.1. The molecule has 0 amide bonds. The second-order valence-electron chi connectivity index (χ2n) is 2.95. The van der Waals surface area contributed by atoms with Crippen LogP contribution >= 0.6 is 25.1 Å². The molecular weight excluding hydrogens is 291 g/mol. The van der Waals surface area contributed by atoms with Crippen molar-refractivity contribution in [2.45, 2.75) is 33.1 Å². The molecule has 0 bridgehead atoms. The molecule has 1 aromatic rings. The first-order chi connectivity index (χ1) is 7.73. The summed E-state index contributed by atoms with van der Waals surface area (Å²) >= 11 is 5.37. The Morgan fingerprint density at radius 2 is 1.78 bits per heavy atom. The smallest absolute Gasteiger partial charge is 0.420 e. The fourth-order valence-corrected chi connectivity index (χ4v) is 1.21. The average molecular weight is 306 g/mol. The van der Waals surface area contributed by atoms with Gasteiger partial charge in [0.15, 0.2) is 17.0 Å². The fourth-order valence-electron chi connectivity index (χ4n) is 0.959. The Morgan fingerprint density at radius 3 is 2.11 bits per heavy atom. The van der Waals surface area contributed by atoms with Gasteiger partial charge >= 0.3 is 6.18 Å². The number of aliphatic hydroxyl groups is 1. The highest BCUT2D eigenvalue weighted by atomic mass is 35.5. The first-order valence-electron chi connectivity index (χ1n) is 4.84. The Morgan fingerprint density at radius 1 is 1.33 bits per heavy atom. The molecule has 0 aliphatic carbocycles. The molecule has 0 fully saturated rings. The number of hydrogen-bond donors (Lipinski definition) is 2. The van der Waals surface area contributed by atoms with Crippen LogP contribution in [0.15, 0.2) is 6.07 Å². The molecule has 0 saturated carbocycles. The van der Waals surface area contributed by atoms with Gasteiger partial charge in [0, 0.05) is 0 Å². The van der Waals surface area contributed by atoms with Crippen LogP contribution in [0.4, 0.5) is 13.2 Å². The Balaban J connectivity index is 0. The molecule has 1 heterocycles. The zero-order chi connectivity index (χ0) is 13.8. The largest absolute Gasteiger partial charge is 0.505 e. The predicted molar refractivity (Wildman–Crippen MR) is 68.4 cm³/mol. The third-order valence-corrected chi connectivity index (χ3v) is 2.01. The van der Waals surface area contributed by atoms with Crippen molar-refractivity contribution in [3.05, 3.63) is 22.5 Å². The minimum Gasteiger partial charge on any atom is -0.505 e. The maximum atomic E-state index is 12.1. The van der Waals surface area contributed by atoms with E-state index in [1.54, 1.807) is 0 Å². The lowest BCUT2D eigenvalue weighted by Gasteiger charge is -2.15. The first kappa shape index (κ1) is 19.7. The van der Waals surface area contributed by atoms with Gasteiger partial charge in [-0.3, -0.25) is 0 Å². The van der Waals surface area contributed by atoms with Crippen LogP contribution in [-0.2, 0) is 0 Å². The zero-order valence-corrected chi connectivity index (χ0v) is 11.8. The molecule has 0 aromatic carbocycles. The van der Waals surface area contributed by atoms with E-state index in [0.29, 0.717) is 0 Å². The summed E-state index contributed by atoms with van der Waals surface area (Å²) in [5.74, 6) is -0.394. The van der Waals surface area contributed by atoms with Crippen LogP contribution in [0.2, 0.25) is 5.15 Å². The second kappa shape index (κ2) is 7.70. The number of aromatic hydroxyl groups is 1. The molecular formula is C10H15ClF3NO2S. The van der Waals surface area contributed by atoms with Gasteiger partial charge in [-0.25, -0.2) is 4.98 Å². The molecule has 18 heavy (non-hydrogen) atoms. The van der Waals surface area contributed by atoms with Gasteiger partial charge in [0.1, 0.15) is 0 Å². The highest BCUT2D eigenvalue weighted by molar-refractivity contribution is 7.59. The summed E-state index contributed by atoms with van der Waals surface area (Å²) in [4.78, 5) is 3.25. The standard InChI is InChI=1S/C8H7ClF3NO2.C2H6.H2S/c1-3-2-4(6(15)8(10,11)12)13-7(9)5(3)14;1-2;/h2,6,14-15H,1H3;1-2H3;1H2. The molecule has 2 N–H and O–H groups in total. The van der Waals surface area contributed by atoms with Gasteiger partial charge in [-0.2, -0.15) is 26.7 Å². The Bertz CT molecular complexity index is 365. The van der Waals surface area contributed by atoms with Crippen LogP contribution in [0.1, 0.15) is 31.2 Å². The van der Waals surface area contributed by atoms with Gasteiger partial charge in [-0.15, -0.1) is 0 Å². The average Bonchev–Trinajstić information content (AvgIpc) is 2.25. The number of aromatic nitrogens is 1. The molecule has 1 rings (SSSR count). The number of alkyl halides is 3. The third-order valence-electron chi connectivity index (χ3n) is 1.75. The SMILES string of the molecule is CC.Cc1cc(C(O)C(F)(F)F)nc(Cl)c1O.S. The number of aliphatic hydroxyl groups excluding tert-OH is 1. The monoisotopic (exact) mass is 305 g/mol. The number of halogens is 4. The summed E-state index contributed by atoms with van der Waals surface area (Å²) in [6.07, 6.45) is -7.51. The van der Waals surface area contributed by atoms with E-state index in [1.165, 1.54) is 6.92 Å². The zero-order valence-electron chi connectivity index (χ0n) is 10.0. The van der Waals surface area contributed by atoms with E-state index in [9.17, 15) is 13.2 Å². The van der Waals surface area contributed by atoms with Crippen molar-refractivity contribution in [2.75, 3.05) is 0 Å². The van der Waals surface area contributed by atoms with Gasteiger partial charge in [0.2, 0.25) is 0 Å². The number of rotatable bonds is 1. The quantitative estimate of drug-likeness (QED) is 0.781. The summed E-state index contributed by atoms with van der Waals surface area (Å²) in [6, 6.07) is 0.930. The lowest BCUT2D eigenvalue weighted by molar-refractivity contribution is -0.207. The molecule has 0 spiro atoms. The van der Waals surface area contributed by atoms with E-state index in [2.05, 4.69) is 4.98 Å². The van der Waals surface area contributed by atoms with E-state index in [0.717, 1.165) is 6.07 Å². The van der Waals surface area contributed by atoms with E-state index < -0.39 is 28.9 Å². The Hall–Kier alpha value is -0.660. The van der Waals surface area contributed by atoms with Gasteiger partial charge in [-0.1, -0.05) is 25.4 Å². The highest BCUT2D eigenvalue weighted by Crippen LogP contribution is 2.34. The number of nitrogens with zero attached hydrogens (tertiary/aromatic N) is 1. The van der Waals surface area contributed by atoms with Gasteiger partial charge in [0.25, 0.3) is 0 Å². The van der Waals surface area contributed by atoms with Crippen molar-refractivity contribution in [2.24, 2.45) is 0 Å². The van der Waals surface area contributed by atoms with E-state index in [4.69, 9.17) is 21.8 Å². The number of aryl methyl sites for hydroxylation is 1. The van der Waals surface area contributed by atoms with E-state index in [-0.39, 0.29) is 19.1 Å². The maximum Gasteiger partial charge on any atom is 0.420 e. The third kappa shape index (κ3) is 4.91. The predicted octanol–water partition coefficient (Wildman–Crippen LogP) is 3.48. The number of hydrogen-bond acceptors (Lipinski definition) is 3. The summed E-state index contributed by atoms with van der Waals surface area (Å²) in [5.41, 5.74) is -0.517. The summed E-state index contributed by atoms with van der Waals surface area (Å²) in [5, 5.41) is 17.6. The minimum absolute atomic E-state index is 0. The minimum atomic E-state index is -4.81. The molecule has 0 radical (unpaired) electrons. The Kier molecular flexibility index (Phi) is 8.42. The molecule has 1 atom stereocenters. The molecule has 0 saturated heterocycles. The molecule has 1 unspecified atom stereocenters. The number of pyridine rings is 1. The van der Waals surface area contributed by atoms with Crippen molar-refractivity contribution in [1.82, 2.24) is 4.98 Å². The lowest BCUT2D eigenvalue weighted by Crippen LogP contribution is -2.21. The van der Waals surface area contributed by atoms with Gasteiger partial charge in [0.05, 0.1) is 5.69 Å². The van der Waals surface area contributed by atoms with E-state index in [1.807, 2.05) is 13.8 Å². The van der Waals surface area contributed by atoms with Gasteiger partial charge in [-0.05, 0) is 18.6 Å². The van der Waals surface area contributed by atoms with Crippen molar-refractivity contribution >= 4 is 25.1 Å². The first-order valence-corrected chi connectivity index (χ1v) is 5.22. The summed E-state index contributed by atoms with van der Waals surface area (Å²) in [7, 11) is 0. The van der Waals surface area contributed by atoms with E-state index >= 15 is 0 Å². The molecule has 0 aliphatic rings. The van der Waals surface area contributed by atoms with Crippen molar-refractivity contribution in [3.8, 4) is 5.75 Å². The van der Waals surface area contributed by atoms with Crippen molar-refractivity contribution in [3.63, 3.8) is 0 Å². The summed E-state index contributed by atoms with van der Waals surface area (Å²) in [6.45, 7) is 5.36. The van der Waals surface area contributed by atoms with Crippen LogP contribution in [0.3, 0.4) is 0 Å². The van der Waals surface area contributed by atoms with Crippen LogP contribution in [0, 0.1) is 6.92 Å². The second-order valence-corrected chi connectivity index (χ2v) is 3.31. The van der Waals surface area contributed by atoms with Crippen LogP contribution in [0.5, 0.6) is 5.75 Å². The molecule has 1 aromatic heterocycles. The molecule has 106 valence electrons. The molecule has 0 aliphatic heterocycles. The fraction of sp³-hybridized carbons (Fsp3) is 0.500. The maximum absolute atomic E-state index is 12.1. The normalized spacial score (nSPS) is 12.0. The van der Waals surface area contributed by atoms with Crippen molar-refractivity contribution in [1.29, 1.82) is 0 Å².